The van der Waals surface area contributed by atoms with E-state index in [9.17, 15) is 9.59 Å². The van der Waals surface area contributed by atoms with Gasteiger partial charge in [0.25, 0.3) is 5.91 Å². The first kappa shape index (κ1) is 16.1. The van der Waals surface area contributed by atoms with Gasteiger partial charge in [-0.2, -0.15) is 0 Å². The van der Waals surface area contributed by atoms with Gasteiger partial charge in [-0.3, -0.25) is 15.1 Å². The van der Waals surface area contributed by atoms with E-state index in [1.165, 1.54) is 17.7 Å². The van der Waals surface area contributed by atoms with Gasteiger partial charge in [-0.1, -0.05) is 12.8 Å². The number of hydrazine groups is 1. The van der Waals surface area contributed by atoms with Gasteiger partial charge in [0.2, 0.25) is 0 Å². The molecule has 1 heterocycles. The first-order chi connectivity index (χ1) is 9.80. The molecule has 1 aliphatic heterocycles. The van der Waals surface area contributed by atoms with Crippen LogP contribution in [0, 0.1) is 11.8 Å². The largest absolute Gasteiger partial charge is 0.444 e. The van der Waals surface area contributed by atoms with Crippen LogP contribution in [0.2, 0.25) is 0 Å². The molecule has 2 fully saturated rings. The Morgan fingerprint density at radius 3 is 2.43 bits per heavy atom. The Morgan fingerprint density at radius 1 is 1.24 bits per heavy atom. The molecule has 2 atom stereocenters. The maximum absolute atomic E-state index is 12.3. The van der Waals surface area contributed by atoms with E-state index in [4.69, 9.17) is 10.6 Å². The second kappa shape index (κ2) is 6.22. The molecular formula is C15H27N3O3. The van der Waals surface area contributed by atoms with Crippen molar-refractivity contribution in [2.24, 2.45) is 17.7 Å². The Morgan fingerprint density at radius 2 is 1.90 bits per heavy atom. The topological polar surface area (TPSA) is 84.7 Å². The van der Waals surface area contributed by atoms with E-state index < -0.39 is 17.7 Å². The molecule has 0 spiro atoms. The zero-order chi connectivity index (χ0) is 15.6. The van der Waals surface area contributed by atoms with Crippen molar-refractivity contribution in [3.63, 3.8) is 0 Å². The van der Waals surface area contributed by atoms with Gasteiger partial charge in [-0.25, -0.2) is 10.6 Å². The number of nitrogens with two attached hydrogens (primary N) is 1. The van der Waals surface area contributed by atoms with Gasteiger partial charge >= 0.3 is 6.09 Å². The van der Waals surface area contributed by atoms with E-state index in [1.807, 2.05) is 20.8 Å². The molecule has 0 unspecified atom stereocenters. The summed E-state index contributed by atoms with van der Waals surface area (Å²) in [6.45, 7) is 6.03. The van der Waals surface area contributed by atoms with Gasteiger partial charge < -0.3 is 4.74 Å². The molecule has 6 nitrogen and oxygen atoms in total. The highest BCUT2D eigenvalue weighted by Gasteiger charge is 2.39. The number of nitrogens with zero attached hydrogens (tertiary/aromatic N) is 1. The minimum absolute atomic E-state index is 0.304. The minimum Gasteiger partial charge on any atom is -0.444 e. The molecule has 0 radical (unpaired) electrons. The highest BCUT2D eigenvalue weighted by Crippen LogP contribution is 2.39. The van der Waals surface area contributed by atoms with Crippen molar-refractivity contribution in [3.8, 4) is 0 Å². The molecule has 0 aromatic carbocycles. The quantitative estimate of drug-likeness (QED) is 0.472. The Kier molecular flexibility index (Phi) is 4.76. The monoisotopic (exact) mass is 297 g/mol. The van der Waals surface area contributed by atoms with Gasteiger partial charge in [0, 0.05) is 6.54 Å². The van der Waals surface area contributed by atoms with Crippen molar-refractivity contribution in [1.82, 2.24) is 10.3 Å². The van der Waals surface area contributed by atoms with Crippen molar-refractivity contribution < 1.29 is 14.3 Å². The lowest BCUT2D eigenvalue weighted by molar-refractivity contribution is -0.128. The first-order valence-corrected chi connectivity index (χ1v) is 7.80. The van der Waals surface area contributed by atoms with E-state index in [2.05, 4.69) is 5.43 Å². The Labute approximate surface area is 126 Å². The molecular weight excluding hydrogens is 270 g/mol. The molecule has 2 rings (SSSR count). The summed E-state index contributed by atoms with van der Waals surface area (Å²) in [5.41, 5.74) is 1.62. The third-order valence-corrected chi connectivity index (χ3v) is 4.15. The number of amides is 2. The minimum atomic E-state index is -0.564. The van der Waals surface area contributed by atoms with Crippen LogP contribution in [-0.2, 0) is 9.53 Å². The predicted molar refractivity (Wildman–Crippen MR) is 79.1 cm³/mol. The van der Waals surface area contributed by atoms with Crippen LogP contribution in [0.25, 0.3) is 0 Å². The van der Waals surface area contributed by atoms with Crippen LogP contribution in [0.1, 0.15) is 52.9 Å². The Balaban J connectivity index is 2.01. The van der Waals surface area contributed by atoms with Crippen molar-refractivity contribution in [2.45, 2.75) is 64.5 Å². The summed E-state index contributed by atoms with van der Waals surface area (Å²) in [6, 6.07) is -0.512. The molecule has 1 saturated carbocycles. The van der Waals surface area contributed by atoms with Crippen LogP contribution >= 0.6 is 0 Å². The summed E-state index contributed by atoms with van der Waals surface area (Å²) in [4.78, 5) is 25.8. The molecule has 120 valence electrons. The van der Waals surface area contributed by atoms with Crippen molar-refractivity contribution >= 4 is 12.0 Å². The van der Waals surface area contributed by atoms with Gasteiger partial charge in [-0.15, -0.1) is 0 Å². The molecule has 2 amide bonds. The second-order valence-electron chi connectivity index (χ2n) is 7.27. The lowest BCUT2D eigenvalue weighted by Crippen LogP contribution is -2.55. The fraction of sp³-hybridized carbons (Fsp3) is 0.867. The number of ether oxygens (including phenoxy) is 1. The Bertz CT molecular complexity index is 401. The number of likely N-dealkylation sites (tertiary alicyclic amines) is 1. The first-order valence-electron chi connectivity index (χ1n) is 7.80. The van der Waals surface area contributed by atoms with Gasteiger partial charge in [0.05, 0.1) is 0 Å². The summed E-state index contributed by atoms with van der Waals surface area (Å²) >= 11 is 0. The van der Waals surface area contributed by atoms with Crippen LogP contribution < -0.4 is 11.3 Å². The number of rotatable bonds is 3. The molecule has 0 aromatic rings. The van der Waals surface area contributed by atoms with Crippen LogP contribution in [0.4, 0.5) is 4.79 Å². The maximum Gasteiger partial charge on any atom is 0.410 e. The van der Waals surface area contributed by atoms with Crippen molar-refractivity contribution in [1.29, 1.82) is 0 Å². The van der Waals surface area contributed by atoms with Crippen LogP contribution in [-0.4, -0.2) is 35.1 Å². The average Bonchev–Trinajstić information content (AvgIpc) is 3.19. The summed E-state index contributed by atoms with van der Waals surface area (Å²) in [5, 5.41) is 0. The Hall–Kier alpha value is -1.30. The third-order valence-electron chi connectivity index (χ3n) is 4.15. The lowest BCUT2D eigenvalue weighted by atomic mass is 9.86. The normalized spacial score (nSPS) is 26.4. The second-order valence-corrected chi connectivity index (χ2v) is 7.27. The summed E-state index contributed by atoms with van der Waals surface area (Å²) in [6.07, 6.45) is 4.96. The highest BCUT2D eigenvalue weighted by atomic mass is 16.6. The number of carbonyl (C=O) groups is 2. The maximum atomic E-state index is 12.3. The number of hydrogen-bond donors (Lipinski definition) is 2. The zero-order valence-electron chi connectivity index (χ0n) is 13.2. The molecule has 21 heavy (non-hydrogen) atoms. The number of piperidine rings is 1. The fourth-order valence-electron chi connectivity index (χ4n) is 2.96. The molecule has 2 aliphatic rings. The number of hydrogen-bond acceptors (Lipinski definition) is 4. The van der Waals surface area contributed by atoms with Gasteiger partial charge in [0.1, 0.15) is 11.6 Å². The van der Waals surface area contributed by atoms with E-state index in [0.717, 1.165) is 18.8 Å². The van der Waals surface area contributed by atoms with Crippen molar-refractivity contribution in [3.05, 3.63) is 0 Å². The molecule has 0 aromatic heterocycles. The SMILES string of the molecule is CC(C)(C)OC(=O)N1CC[C@@H](CC2CC2)C[C@H]1C(=O)NN. The van der Waals surface area contributed by atoms with Crippen LogP contribution in [0.3, 0.4) is 0 Å². The van der Waals surface area contributed by atoms with E-state index in [1.54, 1.807) is 0 Å². The predicted octanol–water partition coefficient (Wildman–Crippen LogP) is 1.79. The van der Waals surface area contributed by atoms with Gasteiger partial charge in [-0.05, 0) is 51.9 Å². The standard InChI is InChI=1S/C15H27N3O3/c1-15(2,3)21-14(20)18-7-6-11(8-10-4-5-10)9-12(18)13(19)17-16/h10-12H,4-9,16H2,1-3H3,(H,17,19)/t11-,12-/m0/s1. The number of carbonyl (C=O) groups excluding carboxylic acids is 2. The van der Waals surface area contributed by atoms with E-state index in [-0.39, 0.29) is 5.91 Å². The molecule has 3 N–H and O–H groups in total. The highest BCUT2D eigenvalue weighted by molar-refractivity contribution is 5.85. The van der Waals surface area contributed by atoms with Gasteiger partial charge in [0.15, 0.2) is 0 Å². The average molecular weight is 297 g/mol. The fourth-order valence-corrected chi connectivity index (χ4v) is 2.96. The molecule has 0 bridgehead atoms. The molecule has 1 aliphatic carbocycles. The van der Waals surface area contributed by atoms with Crippen LogP contribution in [0.5, 0.6) is 0 Å². The molecule has 6 heteroatoms. The summed E-state index contributed by atoms with van der Waals surface area (Å²) < 4.78 is 5.40. The van der Waals surface area contributed by atoms with Crippen LogP contribution in [0.15, 0.2) is 0 Å². The van der Waals surface area contributed by atoms with E-state index in [0.29, 0.717) is 18.9 Å². The smallest absolute Gasteiger partial charge is 0.410 e. The number of nitrogens with one attached hydrogen (secondary N) is 1. The van der Waals surface area contributed by atoms with E-state index >= 15 is 0 Å². The summed E-state index contributed by atoms with van der Waals surface area (Å²) in [5.74, 6) is 6.29. The summed E-state index contributed by atoms with van der Waals surface area (Å²) in [7, 11) is 0. The lowest BCUT2D eigenvalue weighted by Gasteiger charge is -2.38. The third kappa shape index (κ3) is 4.59. The van der Waals surface area contributed by atoms with Crippen molar-refractivity contribution in [2.75, 3.05) is 6.54 Å². The zero-order valence-corrected chi connectivity index (χ0v) is 13.2. The molecule has 1 saturated heterocycles.